The molecule has 5 rings (SSSR count). The van der Waals surface area contributed by atoms with Crippen LogP contribution in [0.25, 0.3) is 0 Å². The molecule has 5 nitrogen and oxygen atoms in total. The Hall–Kier alpha value is -3.51. The number of anilines is 1. The SMILES string of the molecule is Cc1ccc(C2=NN(C(=O)CN3CCN(c4ccccc4F)CC3)C(c3ccccc3C)C2)cc1C. The third kappa shape index (κ3) is 4.91. The number of carbonyl (C=O) groups is 1. The number of aryl methyl sites for hydroxylation is 3. The number of carbonyl (C=O) groups excluding carboxylic acids is 1. The van der Waals surface area contributed by atoms with Crippen molar-refractivity contribution in [2.24, 2.45) is 5.10 Å². The smallest absolute Gasteiger partial charge is 0.257 e. The Labute approximate surface area is 212 Å². The number of piperazine rings is 1. The summed E-state index contributed by atoms with van der Waals surface area (Å²) in [7, 11) is 0. The number of hydrogen-bond donors (Lipinski definition) is 0. The van der Waals surface area contributed by atoms with Crippen LogP contribution in [0.5, 0.6) is 0 Å². The third-order valence-corrected chi connectivity index (χ3v) is 7.48. The number of hydrogen-bond acceptors (Lipinski definition) is 4. The molecule has 0 N–H and O–H groups in total. The molecule has 1 fully saturated rings. The van der Waals surface area contributed by atoms with E-state index in [2.05, 4.69) is 60.9 Å². The van der Waals surface area contributed by atoms with Gasteiger partial charge in [-0.15, -0.1) is 0 Å². The monoisotopic (exact) mass is 484 g/mol. The Kier molecular flexibility index (Phi) is 6.88. The van der Waals surface area contributed by atoms with Crippen LogP contribution in [0.2, 0.25) is 0 Å². The molecule has 1 unspecified atom stereocenters. The van der Waals surface area contributed by atoms with Gasteiger partial charge in [-0.2, -0.15) is 5.10 Å². The molecule has 3 aromatic carbocycles. The van der Waals surface area contributed by atoms with Crippen LogP contribution in [0.3, 0.4) is 0 Å². The first-order chi connectivity index (χ1) is 17.4. The number of amides is 1. The molecule has 3 aromatic rings. The van der Waals surface area contributed by atoms with Gasteiger partial charge in [0.2, 0.25) is 0 Å². The van der Waals surface area contributed by atoms with Crippen LogP contribution >= 0.6 is 0 Å². The lowest BCUT2D eigenvalue weighted by molar-refractivity contribution is -0.134. The Balaban J connectivity index is 1.33. The summed E-state index contributed by atoms with van der Waals surface area (Å²) in [4.78, 5) is 17.8. The van der Waals surface area contributed by atoms with Gasteiger partial charge in [-0.1, -0.05) is 48.5 Å². The number of benzene rings is 3. The zero-order valence-electron chi connectivity index (χ0n) is 21.2. The fourth-order valence-corrected chi connectivity index (χ4v) is 5.16. The first kappa shape index (κ1) is 24.2. The van der Waals surface area contributed by atoms with Gasteiger partial charge in [0.05, 0.1) is 24.0 Å². The van der Waals surface area contributed by atoms with E-state index in [-0.39, 0.29) is 17.8 Å². The summed E-state index contributed by atoms with van der Waals surface area (Å²) in [6, 6.07) is 21.4. The second kappa shape index (κ2) is 10.2. The lowest BCUT2D eigenvalue weighted by atomic mass is 9.94. The Morgan fingerprint density at radius 2 is 1.61 bits per heavy atom. The molecule has 1 saturated heterocycles. The van der Waals surface area contributed by atoms with Crippen molar-refractivity contribution in [3.63, 3.8) is 0 Å². The molecule has 0 spiro atoms. The van der Waals surface area contributed by atoms with Gasteiger partial charge >= 0.3 is 0 Å². The molecular formula is C30H33FN4O. The topological polar surface area (TPSA) is 39.2 Å². The lowest BCUT2D eigenvalue weighted by Gasteiger charge is -2.36. The van der Waals surface area contributed by atoms with Crippen LogP contribution in [0.15, 0.2) is 71.8 Å². The highest BCUT2D eigenvalue weighted by atomic mass is 19.1. The normalized spacial score (nSPS) is 18.4. The minimum Gasteiger partial charge on any atom is -0.367 e. The molecule has 0 radical (unpaired) electrons. The van der Waals surface area contributed by atoms with E-state index in [1.807, 2.05) is 24.3 Å². The van der Waals surface area contributed by atoms with Gasteiger partial charge in [-0.25, -0.2) is 9.40 Å². The molecule has 2 aliphatic rings. The number of nitrogens with zero attached hydrogens (tertiary/aromatic N) is 4. The van der Waals surface area contributed by atoms with Crippen molar-refractivity contribution >= 4 is 17.3 Å². The summed E-state index contributed by atoms with van der Waals surface area (Å²) in [6.45, 7) is 9.39. The molecule has 0 aliphatic carbocycles. The zero-order chi connectivity index (χ0) is 25.2. The maximum Gasteiger partial charge on any atom is 0.257 e. The van der Waals surface area contributed by atoms with Crippen LogP contribution in [-0.4, -0.2) is 54.3 Å². The standard InChI is InChI=1S/C30H33FN4O/c1-21-12-13-24(18-23(21)3)27-19-29(25-9-5-4-8-22(25)2)35(32-27)30(36)20-33-14-16-34(17-15-33)28-11-7-6-10-26(28)31/h4-13,18,29H,14-17,19-20H2,1-3H3. The van der Waals surface area contributed by atoms with Crippen molar-refractivity contribution in [1.82, 2.24) is 9.91 Å². The Morgan fingerprint density at radius 3 is 2.33 bits per heavy atom. The van der Waals surface area contributed by atoms with Crippen LogP contribution in [0.4, 0.5) is 10.1 Å². The van der Waals surface area contributed by atoms with E-state index in [1.165, 1.54) is 17.2 Å². The molecule has 2 heterocycles. The van der Waals surface area contributed by atoms with E-state index >= 15 is 0 Å². The lowest BCUT2D eigenvalue weighted by Crippen LogP contribution is -2.49. The quantitative estimate of drug-likeness (QED) is 0.497. The predicted molar refractivity (Wildman–Crippen MR) is 143 cm³/mol. The molecular weight excluding hydrogens is 451 g/mol. The zero-order valence-corrected chi connectivity index (χ0v) is 21.2. The van der Waals surface area contributed by atoms with Gasteiger partial charge < -0.3 is 4.90 Å². The average Bonchev–Trinajstić information content (AvgIpc) is 3.32. The van der Waals surface area contributed by atoms with Gasteiger partial charge in [0, 0.05) is 32.6 Å². The van der Waals surface area contributed by atoms with Crippen LogP contribution in [-0.2, 0) is 4.79 Å². The van der Waals surface area contributed by atoms with Crippen molar-refractivity contribution in [3.8, 4) is 0 Å². The third-order valence-electron chi connectivity index (χ3n) is 7.48. The number of halogens is 1. The molecule has 6 heteroatoms. The average molecular weight is 485 g/mol. The predicted octanol–water partition coefficient (Wildman–Crippen LogP) is 5.25. The maximum absolute atomic E-state index is 14.2. The Bertz CT molecular complexity index is 1300. The summed E-state index contributed by atoms with van der Waals surface area (Å²) in [6.07, 6.45) is 0.695. The first-order valence-electron chi connectivity index (χ1n) is 12.7. The molecule has 1 atom stereocenters. The molecule has 1 amide bonds. The van der Waals surface area contributed by atoms with E-state index in [0.29, 0.717) is 44.8 Å². The highest BCUT2D eigenvalue weighted by Gasteiger charge is 2.35. The number of para-hydroxylation sites is 1. The largest absolute Gasteiger partial charge is 0.367 e. The van der Waals surface area contributed by atoms with Crippen molar-refractivity contribution < 1.29 is 9.18 Å². The van der Waals surface area contributed by atoms with E-state index in [9.17, 15) is 9.18 Å². The van der Waals surface area contributed by atoms with Gasteiger partial charge in [0.25, 0.3) is 5.91 Å². The molecule has 0 saturated carbocycles. The van der Waals surface area contributed by atoms with E-state index < -0.39 is 0 Å². The maximum atomic E-state index is 14.2. The molecule has 0 aromatic heterocycles. The van der Waals surface area contributed by atoms with Gasteiger partial charge in [-0.05, 0) is 66.8 Å². The second-order valence-corrected chi connectivity index (χ2v) is 9.88. The van der Waals surface area contributed by atoms with Gasteiger partial charge in [-0.3, -0.25) is 9.69 Å². The minimum atomic E-state index is -0.201. The summed E-state index contributed by atoms with van der Waals surface area (Å²) in [5.41, 5.74) is 7.42. The van der Waals surface area contributed by atoms with Gasteiger partial charge in [0.15, 0.2) is 0 Å². The van der Waals surface area contributed by atoms with Crippen molar-refractivity contribution in [1.29, 1.82) is 0 Å². The second-order valence-electron chi connectivity index (χ2n) is 9.88. The first-order valence-corrected chi connectivity index (χ1v) is 12.7. The van der Waals surface area contributed by atoms with Crippen LogP contribution < -0.4 is 4.90 Å². The molecule has 186 valence electrons. The minimum absolute atomic E-state index is 0.00132. The van der Waals surface area contributed by atoms with Gasteiger partial charge in [0.1, 0.15) is 5.82 Å². The molecule has 0 bridgehead atoms. The van der Waals surface area contributed by atoms with Crippen molar-refractivity contribution in [3.05, 3.63) is 100 Å². The van der Waals surface area contributed by atoms with Crippen LogP contribution in [0, 0.1) is 26.6 Å². The summed E-state index contributed by atoms with van der Waals surface area (Å²) >= 11 is 0. The van der Waals surface area contributed by atoms with E-state index in [1.54, 1.807) is 11.1 Å². The van der Waals surface area contributed by atoms with E-state index in [4.69, 9.17) is 5.10 Å². The summed E-state index contributed by atoms with van der Waals surface area (Å²) in [5, 5.41) is 6.59. The fourth-order valence-electron chi connectivity index (χ4n) is 5.16. The fraction of sp³-hybridized carbons (Fsp3) is 0.333. The summed E-state index contributed by atoms with van der Waals surface area (Å²) < 4.78 is 14.2. The molecule has 2 aliphatic heterocycles. The van der Waals surface area contributed by atoms with Crippen LogP contribution in [0.1, 0.15) is 40.3 Å². The number of hydrazone groups is 1. The van der Waals surface area contributed by atoms with Crippen molar-refractivity contribution in [2.75, 3.05) is 37.6 Å². The highest BCUT2D eigenvalue weighted by molar-refractivity contribution is 6.03. The Morgan fingerprint density at radius 1 is 0.889 bits per heavy atom. The summed E-state index contributed by atoms with van der Waals surface area (Å²) in [5.74, 6) is -0.199. The molecule has 36 heavy (non-hydrogen) atoms. The highest BCUT2D eigenvalue weighted by Crippen LogP contribution is 2.35. The number of rotatable bonds is 5. The van der Waals surface area contributed by atoms with E-state index in [0.717, 1.165) is 22.4 Å². The van der Waals surface area contributed by atoms with Crippen molar-refractivity contribution in [2.45, 2.75) is 33.2 Å².